The highest BCUT2D eigenvalue weighted by atomic mass is 35.5. The molecule has 11 nitrogen and oxygen atoms in total. The monoisotopic (exact) mass is 812 g/mol. The van der Waals surface area contributed by atoms with Crippen molar-refractivity contribution in [2.75, 3.05) is 6.61 Å². The van der Waals surface area contributed by atoms with Gasteiger partial charge in [0.15, 0.2) is 5.69 Å². The lowest BCUT2D eigenvalue weighted by molar-refractivity contribution is -0.275. The summed E-state index contributed by atoms with van der Waals surface area (Å²) in [6.07, 6.45) is -2.59. The molecule has 0 radical (unpaired) electrons. The predicted molar refractivity (Wildman–Crippen MR) is 221 cm³/mol. The minimum atomic E-state index is -0.771. The fourth-order valence-electron chi connectivity index (χ4n) is 6.91. The highest BCUT2D eigenvalue weighted by Crippen LogP contribution is 2.40. The summed E-state index contributed by atoms with van der Waals surface area (Å²) < 4.78 is 34.1. The van der Waals surface area contributed by atoms with Gasteiger partial charge in [-0.2, -0.15) is 5.10 Å². The Bertz CT molecular complexity index is 2220. The number of carbonyl (C=O) groups is 2. The van der Waals surface area contributed by atoms with Crippen molar-refractivity contribution in [3.63, 3.8) is 0 Å². The highest BCUT2D eigenvalue weighted by molar-refractivity contribution is 6.31. The summed E-state index contributed by atoms with van der Waals surface area (Å²) in [5, 5.41) is 9.15. The average molecular weight is 813 g/mol. The Morgan fingerprint density at radius 1 is 0.661 bits per heavy atom. The Kier molecular flexibility index (Phi) is 14.7. The SMILES string of the molecule is NN(C=O)C(=O)c1ccc(Cc2cc([C@@H]3O[C@H](COCc4ccccc4)[C@@H](OCc4ccccc4)[C@H](OCc4ccccc4)[C@H]3OCc3ccccc3)ccc2Cl)nn1. The second kappa shape index (κ2) is 20.9. The van der Waals surface area contributed by atoms with Crippen molar-refractivity contribution >= 4 is 23.9 Å². The molecule has 59 heavy (non-hydrogen) atoms. The van der Waals surface area contributed by atoms with Crippen LogP contribution in [-0.4, -0.2) is 58.5 Å². The third-order valence-corrected chi connectivity index (χ3v) is 10.3. The molecule has 0 spiro atoms. The number of nitrogens with two attached hydrogens (primary N) is 1. The molecule has 5 aromatic carbocycles. The maximum Gasteiger partial charge on any atom is 0.295 e. The van der Waals surface area contributed by atoms with E-state index in [1.54, 1.807) is 6.07 Å². The third-order valence-electron chi connectivity index (χ3n) is 9.94. The highest BCUT2D eigenvalue weighted by Gasteiger charge is 2.49. The topological polar surface area (TPSA) is 135 Å². The van der Waals surface area contributed by atoms with Gasteiger partial charge < -0.3 is 23.7 Å². The number of hydrogen-bond acceptors (Lipinski definition) is 10. The van der Waals surface area contributed by atoms with E-state index < -0.39 is 36.4 Å². The van der Waals surface area contributed by atoms with Crippen molar-refractivity contribution < 1.29 is 33.3 Å². The van der Waals surface area contributed by atoms with Crippen molar-refractivity contribution in [3.05, 3.63) is 201 Å². The molecule has 2 amide bonds. The Labute approximate surface area is 348 Å². The lowest BCUT2D eigenvalue weighted by Crippen LogP contribution is -2.58. The zero-order valence-corrected chi connectivity index (χ0v) is 33.1. The van der Waals surface area contributed by atoms with Gasteiger partial charge in [0.1, 0.15) is 30.5 Å². The van der Waals surface area contributed by atoms with E-state index in [1.165, 1.54) is 6.07 Å². The van der Waals surface area contributed by atoms with Crippen LogP contribution >= 0.6 is 11.6 Å². The van der Waals surface area contributed by atoms with Gasteiger partial charge in [-0.3, -0.25) is 9.59 Å². The molecule has 7 rings (SSSR count). The number of aromatic nitrogens is 2. The number of nitrogens with zero attached hydrogens (tertiary/aromatic N) is 3. The third kappa shape index (κ3) is 11.3. The fourth-order valence-corrected chi connectivity index (χ4v) is 7.09. The number of hydrogen-bond donors (Lipinski definition) is 1. The van der Waals surface area contributed by atoms with Gasteiger partial charge in [-0.15, -0.1) is 5.10 Å². The minimum absolute atomic E-state index is 0.0664. The number of carbonyl (C=O) groups excluding carboxylic acids is 2. The van der Waals surface area contributed by atoms with E-state index in [0.717, 1.165) is 33.4 Å². The van der Waals surface area contributed by atoms with Crippen molar-refractivity contribution in [1.82, 2.24) is 15.2 Å². The largest absolute Gasteiger partial charge is 0.374 e. The van der Waals surface area contributed by atoms with Gasteiger partial charge in [0.25, 0.3) is 5.91 Å². The van der Waals surface area contributed by atoms with Crippen molar-refractivity contribution in [2.45, 2.75) is 63.4 Å². The van der Waals surface area contributed by atoms with Crippen LogP contribution in [0.1, 0.15) is 55.7 Å². The fraction of sp³-hybridized carbons (Fsp3) is 0.234. The van der Waals surface area contributed by atoms with Gasteiger partial charge in [0.2, 0.25) is 6.41 Å². The van der Waals surface area contributed by atoms with Gasteiger partial charge >= 0.3 is 0 Å². The summed E-state index contributed by atoms with van der Waals surface area (Å²) in [6, 6.07) is 48.8. The smallest absolute Gasteiger partial charge is 0.295 e. The molecule has 12 heteroatoms. The first kappa shape index (κ1) is 41.5. The summed E-state index contributed by atoms with van der Waals surface area (Å²) in [4.78, 5) is 23.3. The Hall–Kier alpha value is -5.63. The summed E-state index contributed by atoms with van der Waals surface area (Å²) in [5.41, 5.74) is 6.07. The number of rotatable bonds is 18. The first-order chi connectivity index (χ1) is 28.9. The molecule has 1 fully saturated rings. The molecule has 1 aliphatic rings. The number of amides is 2. The van der Waals surface area contributed by atoms with Crippen LogP contribution in [0.15, 0.2) is 152 Å². The van der Waals surface area contributed by atoms with E-state index in [0.29, 0.717) is 42.2 Å². The van der Waals surface area contributed by atoms with E-state index in [1.807, 2.05) is 140 Å². The first-order valence-electron chi connectivity index (χ1n) is 19.3. The molecule has 1 saturated heterocycles. The number of halogens is 1. The summed E-state index contributed by atoms with van der Waals surface area (Å²) in [5.74, 6) is 4.67. The molecular formula is C47H45ClN4O7. The molecule has 1 aliphatic heterocycles. The van der Waals surface area contributed by atoms with Gasteiger partial charge in [-0.05, 0) is 51.6 Å². The molecule has 0 aliphatic carbocycles. The van der Waals surface area contributed by atoms with E-state index in [4.69, 9.17) is 41.1 Å². The molecule has 1 aromatic heterocycles. The molecule has 2 N–H and O–H groups in total. The maximum atomic E-state index is 12.3. The number of ether oxygens (including phenoxy) is 5. The zero-order chi connectivity index (χ0) is 40.8. The lowest BCUT2D eigenvalue weighted by atomic mass is 9.89. The Morgan fingerprint density at radius 2 is 1.19 bits per heavy atom. The summed E-state index contributed by atoms with van der Waals surface area (Å²) in [6.45, 7) is 1.52. The normalized spacial score (nSPS) is 18.9. The average Bonchev–Trinajstić information content (AvgIpc) is 3.29. The van der Waals surface area contributed by atoms with Crippen LogP contribution in [-0.2, 0) is 61.3 Å². The van der Waals surface area contributed by atoms with Crippen LogP contribution in [0.5, 0.6) is 0 Å². The van der Waals surface area contributed by atoms with Crippen LogP contribution in [0.25, 0.3) is 0 Å². The van der Waals surface area contributed by atoms with Crippen LogP contribution in [0.2, 0.25) is 5.02 Å². The van der Waals surface area contributed by atoms with Crippen molar-refractivity contribution in [1.29, 1.82) is 0 Å². The second-order valence-corrected chi connectivity index (χ2v) is 14.5. The number of hydrazine groups is 1. The molecule has 6 aromatic rings. The van der Waals surface area contributed by atoms with Crippen molar-refractivity contribution in [2.24, 2.45) is 5.84 Å². The predicted octanol–water partition coefficient (Wildman–Crippen LogP) is 7.61. The molecule has 0 bridgehead atoms. The van der Waals surface area contributed by atoms with E-state index in [9.17, 15) is 9.59 Å². The molecule has 302 valence electrons. The maximum absolute atomic E-state index is 12.3. The molecule has 0 saturated carbocycles. The summed E-state index contributed by atoms with van der Waals surface area (Å²) >= 11 is 6.83. The number of imide groups is 1. The quantitative estimate of drug-likeness (QED) is 0.0400. The van der Waals surface area contributed by atoms with Crippen LogP contribution in [0, 0.1) is 0 Å². The van der Waals surface area contributed by atoms with E-state index >= 15 is 0 Å². The van der Waals surface area contributed by atoms with Crippen LogP contribution < -0.4 is 5.84 Å². The standard InChI is InChI=1S/C47H45ClN4O7/c48-40-23-21-37(25-38(40)26-39-22-24-41(51-50-39)47(54)52(49)32-53)43-45(57-29-35-17-9-3-10-18-35)46(58-30-36-19-11-4-12-20-36)44(56-28-34-15-7-2-8-16-34)42(59-43)31-55-27-33-13-5-1-6-14-33/h1-25,32,42-46H,26-31,49H2/t42-,43+,44-,45+,46+/m1/s1. The molecular weight excluding hydrogens is 768 g/mol. The van der Waals surface area contributed by atoms with E-state index in [-0.39, 0.29) is 25.1 Å². The van der Waals surface area contributed by atoms with Gasteiger partial charge in [-0.25, -0.2) is 10.9 Å². The van der Waals surface area contributed by atoms with Gasteiger partial charge in [0.05, 0.1) is 38.7 Å². The van der Waals surface area contributed by atoms with E-state index in [2.05, 4.69) is 10.2 Å². The van der Waals surface area contributed by atoms with Crippen molar-refractivity contribution in [3.8, 4) is 0 Å². The molecule has 2 heterocycles. The van der Waals surface area contributed by atoms with Crippen LogP contribution in [0.3, 0.4) is 0 Å². The number of benzene rings is 5. The Morgan fingerprint density at radius 3 is 1.71 bits per heavy atom. The lowest BCUT2D eigenvalue weighted by Gasteiger charge is -2.46. The second-order valence-electron chi connectivity index (χ2n) is 14.1. The van der Waals surface area contributed by atoms with Gasteiger partial charge in [-0.1, -0.05) is 145 Å². The summed E-state index contributed by atoms with van der Waals surface area (Å²) in [7, 11) is 0. The molecule has 0 unspecified atom stereocenters. The minimum Gasteiger partial charge on any atom is -0.374 e. The Balaban J connectivity index is 1.24. The zero-order valence-electron chi connectivity index (χ0n) is 32.3. The molecule has 5 atom stereocenters. The first-order valence-corrected chi connectivity index (χ1v) is 19.7. The van der Waals surface area contributed by atoms with Gasteiger partial charge in [0, 0.05) is 11.4 Å². The van der Waals surface area contributed by atoms with Crippen LogP contribution in [0.4, 0.5) is 0 Å².